The summed E-state index contributed by atoms with van der Waals surface area (Å²) in [7, 11) is 0. The number of aryl methyl sites for hydroxylation is 1. The van der Waals surface area contributed by atoms with Crippen LogP contribution in [0.1, 0.15) is 32.0 Å². The number of carbonyl (C=O) groups is 2. The van der Waals surface area contributed by atoms with Crippen molar-refractivity contribution in [3.8, 4) is 0 Å². The van der Waals surface area contributed by atoms with Crippen LogP contribution in [0.3, 0.4) is 0 Å². The number of rotatable bonds is 5. The summed E-state index contributed by atoms with van der Waals surface area (Å²) in [6.07, 6.45) is 0.537. The van der Waals surface area contributed by atoms with E-state index in [0.717, 1.165) is 10.9 Å². The van der Waals surface area contributed by atoms with E-state index in [1.54, 1.807) is 24.3 Å². The molecular formula is C23H23N5O3. The number of aromatic nitrogens is 3. The molecule has 2 amide bonds. The molecule has 31 heavy (non-hydrogen) atoms. The number of nitrogens with zero attached hydrogens (tertiary/aromatic N) is 3. The monoisotopic (exact) mass is 417 g/mol. The van der Waals surface area contributed by atoms with Crippen LogP contribution >= 0.6 is 0 Å². The van der Waals surface area contributed by atoms with Gasteiger partial charge in [0, 0.05) is 35.4 Å². The quantitative estimate of drug-likeness (QED) is 0.519. The molecule has 0 spiro atoms. The van der Waals surface area contributed by atoms with Gasteiger partial charge in [-0.2, -0.15) is 4.98 Å². The molecule has 2 N–H and O–H groups in total. The molecule has 8 heteroatoms. The molecule has 2 heterocycles. The van der Waals surface area contributed by atoms with Gasteiger partial charge in [-0.3, -0.25) is 19.1 Å². The van der Waals surface area contributed by atoms with Crippen molar-refractivity contribution in [1.82, 2.24) is 14.2 Å². The Morgan fingerprint density at radius 3 is 2.32 bits per heavy atom. The number of fused-ring (bicyclic) bond motifs is 3. The summed E-state index contributed by atoms with van der Waals surface area (Å²) in [6.45, 7) is 5.21. The summed E-state index contributed by atoms with van der Waals surface area (Å²) in [4.78, 5) is 40.7. The number of nitrogens with one attached hydrogen (secondary N) is 2. The zero-order valence-electron chi connectivity index (χ0n) is 17.5. The first-order valence-corrected chi connectivity index (χ1v) is 10.1. The fourth-order valence-electron chi connectivity index (χ4n) is 3.85. The van der Waals surface area contributed by atoms with Gasteiger partial charge >= 0.3 is 0 Å². The smallest absolute Gasteiger partial charge is 0.273 e. The predicted molar refractivity (Wildman–Crippen MR) is 120 cm³/mol. The van der Waals surface area contributed by atoms with Crippen LogP contribution in [-0.2, 0) is 9.59 Å². The molecular weight excluding hydrogens is 394 g/mol. The summed E-state index contributed by atoms with van der Waals surface area (Å²) in [5.74, 6) is -0.341. The molecule has 0 aliphatic carbocycles. The topological polar surface area (TPSA) is 97.5 Å². The summed E-state index contributed by atoms with van der Waals surface area (Å²) < 4.78 is 3.73. The van der Waals surface area contributed by atoms with Crippen LogP contribution in [0.2, 0.25) is 0 Å². The molecule has 0 fully saturated rings. The second kappa shape index (κ2) is 8.06. The molecule has 2 aromatic carbocycles. The van der Waals surface area contributed by atoms with Gasteiger partial charge in [0.1, 0.15) is 6.04 Å². The van der Waals surface area contributed by atoms with Gasteiger partial charge < -0.3 is 10.6 Å². The molecule has 2 aromatic heterocycles. The number of hydrogen-bond acceptors (Lipinski definition) is 4. The molecule has 0 aliphatic rings. The van der Waals surface area contributed by atoms with Crippen LogP contribution in [0.5, 0.6) is 0 Å². The van der Waals surface area contributed by atoms with Crippen molar-refractivity contribution in [3.05, 3.63) is 70.6 Å². The molecule has 0 saturated carbocycles. The zero-order valence-corrected chi connectivity index (χ0v) is 17.5. The highest BCUT2D eigenvalue weighted by Crippen LogP contribution is 2.27. The summed E-state index contributed by atoms with van der Waals surface area (Å²) in [5, 5.41) is 6.47. The third-order valence-electron chi connectivity index (χ3n) is 5.15. The van der Waals surface area contributed by atoms with Crippen molar-refractivity contribution in [2.75, 3.05) is 10.6 Å². The Morgan fingerprint density at radius 1 is 1.03 bits per heavy atom. The van der Waals surface area contributed by atoms with Crippen molar-refractivity contribution < 1.29 is 9.59 Å². The van der Waals surface area contributed by atoms with Gasteiger partial charge in [0.25, 0.3) is 5.56 Å². The predicted octanol–water partition coefficient (Wildman–Crippen LogP) is 3.51. The van der Waals surface area contributed by atoms with E-state index in [-0.39, 0.29) is 17.4 Å². The molecule has 1 atom stereocenters. The van der Waals surface area contributed by atoms with Crippen molar-refractivity contribution in [1.29, 1.82) is 0 Å². The lowest BCUT2D eigenvalue weighted by Crippen LogP contribution is -2.29. The Kier molecular flexibility index (Phi) is 5.29. The Balaban J connectivity index is 1.75. The van der Waals surface area contributed by atoms with E-state index in [1.807, 2.05) is 47.3 Å². The fraction of sp³-hybridized carbons (Fsp3) is 0.217. The first-order valence-electron chi connectivity index (χ1n) is 10.1. The van der Waals surface area contributed by atoms with E-state index in [1.165, 1.54) is 13.0 Å². The maximum absolute atomic E-state index is 13.3. The van der Waals surface area contributed by atoms with Crippen molar-refractivity contribution in [2.24, 2.45) is 0 Å². The average molecular weight is 417 g/mol. The van der Waals surface area contributed by atoms with Crippen molar-refractivity contribution >= 4 is 39.7 Å². The van der Waals surface area contributed by atoms with Gasteiger partial charge in [0.2, 0.25) is 11.8 Å². The maximum atomic E-state index is 13.3. The third kappa shape index (κ3) is 3.79. The standard InChI is InChI=1S/C23H23N5O3/c1-4-19(23(31)25-17-11-9-16(10-12-17)24-15(3)29)28-20-8-6-5-7-18(20)22-26-21(30)13-14(2)27(22)28/h5-13,19H,4H2,1-3H3,(H,24,29)(H,25,31). The third-order valence-corrected chi connectivity index (χ3v) is 5.15. The number of anilines is 2. The van der Waals surface area contributed by atoms with E-state index in [0.29, 0.717) is 29.1 Å². The molecule has 4 rings (SSSR count). The molecule has 1 unspecified atom stereocenters. The molecule has 0 bridgehead atoms. The largest absolute Gasteiger partial charge is 0.326 e. The van der Waals surface area contributed by atoms with Gasteiger partial charge in [-0.15, -0.1) is 0 Å². The number of benzene rings is 2. The minimum absolute atomic E-state index is 0.156. The van der Waals surface area contributed by atoms with Gasteiger partial charge in [-0.25, -0.2) is 4.52 Å². The van der Waals surface area contributed by atoms with Crippen LogP contribution < -0.4 is 16.2 Å². The first kappa shape index (κ1) is 20.3. The van der Waals surface area contributed by atoms with Gasteiger partial charge in [-0.1, -0.05) is 19.1 Å². The van der Waals surface area contributed by atoms with E-state index in [4.69, 9.17) is 0 Å². The van der Waals surface area contributed by atoms with E-state index in [2.05, 4.69) is 15.6 Å². The highest BCUT2D eigenvalue weighted by molar-refractivity contribution is 5.98. The molecule has 8 nitrogen and oxygen atoms in total. The minimum Gasteiger partial charge on any atom is -0.326 e. The van der Waals surface area contributed by atoms with Gasteiger partial charge in [-0.05, 0) is 49.7 Å². The highest BCUT2D eigenvalue weighted by Gasteiger charge is 2.25. The normalized spacial score (nSPS) is 12.1. The van der Waals surface area contributed by atoms with E-state index < -0.39 is 6.04 Å². The lowest BCUT2D eigenvalue weighted by Gasteiger charge is -2.20. The second-order valence-corrected chi connectivity index (χ2v) is 7.40. The van der Waals surface area contributed by atoms with E-state index >= 15 is 0 Å². The van der Waals surface area contributed by atoms with Crippen LogP contribution in [-0.4, -0.2) is 26.0 Å². The lowest BCUT2D eigenvalue weighted by molar-refractivity contribution is -0.119. The van der Waals surface area contributed by atoms with Gasteiger partial charge in [0.05, 0.1) is 5.52 Å². The Morgan fingerprint density at radius 2 is 1.68 bits per heavy atom. The van der Waals surface area contributed by atoms with Crippen LogP contribution in [0.15, 0.2) is 59.4 Å². The first-order chi connectivity index (χ1) is 14.9. The van der Waals surface area contributed by atoms with Crippen molar-refractivity contribution in [3.63, 3.8) is 0 Å². The fourth-order valence-corrected chi connectivity index (χ4v) is 3.85. The Bertz CT molecular complexity index is 1350. The van der Waals surface area contributed by atoms with E-state index in [9.17, 15) is 14.4 Å². The van der Waals surface area contributed by atoms with Crippen LogP contribution in [0, 0.1) is 6.92 Å². The maximum Gasteiger partial charge on any atom is 0.273 e. The SMILES string of the molecule is CCC(C(=O)Nc1ccc(NC(C)=O)cc1)n1c2ccccc2c2nc(=O)cc(C)n21. The second-order valence-electron chi connectivity index (χ2n) is 7.40. The van der Waals surface area contributed by atoms with Crippen LogP contribution in [0.4, 0.5) is 11.4 Å². The summed E-state index contributed by atoms with van der Waals surface area (Å²) in [6, 6.07) is 15.5. The summed E-state index contributed by atoms with van der Waals surface area (Å²) in [5.41, 5.74) is 3.04. The highest BCUT2D eigenvalue weighted by atomic mass is 16.2. The van der Waals surface area contributed by atoms with Crippen molar-refractivity contribution in [2.45, 2.75) is 33.2 Å². The average Bonchev–Trinajstić information content (AvgIpc) is 3.04. The molecule has 0 aliphatic heterocycles. The van der Waals surface area contributed by atoms with Crippen LogP contribution in [0.25, 0.3) is 16.6 Å². The number of hydrogen-bond donors (Lipinski definition) is 2. The molecule has 0 radical (unpaired) electrons. The zero-order chi connectivity index (χ0) is 22.1. The lowest BCUT2D eigenvalue weighted by atomic mass is 10.2. The Labute approximate surface area is 178 Å². The minimum atomic E-state index is -0.527. The molecule has 158 valence electrons. The van der Waals surface area contributed by atoms with Gasteiger partial charge in [0.15, 0.2) is 5.65 Å². The summed E-state index contributed by atoms with van der Waals surface area (Å²) >= 11 is 0. The number of carbonyl (C=O) groups excluding carboxylic acids is 2. The molecule has 4 aromatic rings. The number of amides is 2. The molecule has 0 saturated heterocycles. The number of para-hydroxylation sites is 1. The Hall–Kier alpha value is -3.94.